The normalized spacial score (nSPS) is 15.1. The van der Waals surface area contributed by atoms with Crippen LogP contribution in [0.1, 0.15) is 30.9 Å². The number of hydrogen-bond donors (Lipinski definition) is 2. The van der Waals surface area contributed by atoms with E-state index in [2.05, 4.69) is 21.2 Å². The van der Waals surface area contributed by atoms with Gasteiger partial charge < -0.3 is 30.0 Å². The van der Waals surface area contributed by atoms with Crippen molar-refractivity contribution in [2.45, 2.75) is 26.7 Å². The van der Waals surface area contributed by atoms with E-state index in [1.165, 1.54) is 7.11 Å². The van der Waals surface area contributed by atoms with Crippen LogP contribution in [0.2, 0.25) is 0 Å². The highest BCUT2D eigenvalue weighted by molar-refractivity contribution is 9.10. The molecule has 1 atom stereocenters. The predicted octanol–water partition coefficient (Wildman–Crippen LogP) is 4.43. The van der Waals surface area contributed by atoms with Crippen molar-refractivity contribution >= 4 is 33.5 Å². The molecule has 0 saturated carbocycles. The summed E-state index contributed by atoms with van der Waals surface area (Å²) in [6.07, 6.45) is 0. The van der Waals surface area contributed by atoms with E-state index in [-0.39, 0.29) is 53.4 Å². The summed E-state index contributed by atoms with van der Waals surface area (Å²) in [7, 11) is 1.44. The molecule has 1 amide bonds. The number of rotatable bonds is 8. The number of nitrogens with two attached hydrogens (primary N) is 1. The monoisotopic (exact) mass is 555 g/mol. The number of aryl methyl sites for hydroxylation is 1. The molecule has 0 aliphatic carbocycles. The number of benzene rings is 2. The van der Waals surface area contributed by atoms with Gasteiger partial charge in [0.25, 0.3) is 5.91 Å². The number of allylic oxidation sites excluding steroid dienone is 2. The number of hydrogen-bond acceptors (Lipinski definition) is 8. The molecule has 0 bridgehead atoms. The first-order chi connectivity index (χ1) is 17.2. The molecular weight excluding hydrogens is 530 g/mol. The van der Waals surface area contributed by atoms with Gasteiger partial charge >= 0.3 is 5.97 Å². The highest BCUT2D eigenvalue weighted by Crippen LogP contribution is 2.45. The number of carbonyl (C=O) groups is 2. The summed E-state index contributed by atoms with van der Waals surface area (Å²) in [4.78, 5) is 25.3. The summed E-state index contributed by atoms with van der Waals surface area (Å²) in [6, 6.07) is 12.7. The zero-order valence-electron chi connectivity index (χ0n) is 20.3. The Labute approximate surface area is 217 Å². The van der Waals surface area contributed by atoms with E-state index in [1.54, 1.807) is 32.0 Å². The zero-order chi connectivity index (χ0) is 26.4. The summed E-state index contributed by atoms with van der Waals surface area (Å²) in [5.41, 5.74) is 8.31. The first-order valence-corrected chi connectivity index (χ1v) is 11.8. The van der Waals surface area contributed by atoms with E-state index >= 15 is 0 Å². The Morgan fingerprint density at radius 1 is 1.25 bits per heavy atom. The lowest BCUT2D eigenvalue weighted by Gasteiger charge is -2.27. The molecule has 10 heteroatoms. The molecule has 3 N–H and O–H groups in total. The van der Waals surface area contributed by atoms with Gasteiger partial charge in [0.1, 0.15) is 17.4 Å². The van der Waals surface area contributed by atoms with E-state index in [0.29, 0.717) is 15.7 Å². The van der Waals surface area contributed by atoms with Crippen LogP contribution < -0.4 is 20.5 Å². The Hall–Kier alpha value is -3.97. The van der Waals surface area contributed by atoms with Crippen molar-refractivity contribution in [3.05, 3.63) is 74.8 Å². The molecule has 9 nitrogen and oxygen atoms in total. The van der Waals surface area contributed by atoms with Gasteiger partial charge in [-0.15, -0.1) is 0 Å². The van der Waals surface area contributed by atoms with Crippen molar-refractivity contribution in [1.29, 1.82) is 5.26 Å². The number of methoxy groups -OCH3 is 1. The molecule has 1 heterocycles. The van der Waals surface area contributed by atoms with E-state index in [4.69, 9.17) is 24.7 Å². The van der Waals surface area contributed by atoms with E-state index in [1.807, 2.05) is 31.2 Å². The lowest BCUT2D eigenvalue weighted by Crippen LogP contribution is -2.25. The molecule has 1 unspecified atom stereocenters. The van der Waals surface area contributed by atoms with Gasteiger partial charge in [0.15, 0.2) is 18.1 Å². The Bertz CT molecular complexity index is 1300. The van der Waals surface area contributed by atoms with Gasteiger partial charge in [-0.2, -0.15) is 5.26 Å². The summed E-state index contributed by atoms with van der Waals surface area (Å²) in [5, 5.41) is 12.6. The number of amides is 1. The van der Waals surface area contributed by atoms with Crippen LogP contribution in [0.25, 0.3) is 0 Å². The fraction of sp³-hybridized carbons (Fsp3) is 0.269. The first kappa shape index (κ1) is 26.6. The average Bonchev–Trinajstić information content (AvgIpc) is 2.83. The smallest absolute Gasteiger partial charge is 0.338 e. The average molecular weight is 556 g/mol. The fourth-order valence-corrected chi connectivity index (χ4v) is 4.35. The van der Waals surface area contributed by atoms with Crippen molar-refractivity contribution in [3.63, 3.8) is 0 Å². The minimum absolute atomic E-state index is 0.0592. The number of halogens is 1. The van der Waals surface area contributed by atoms with Crippen LogP contribution in [0.4, 0.5) is 5.69 Å². The molecule has 3 rings (SSSR count). The summed E-state index contributed by atoms with van der Waals surface area (Å²) in [5.74, 6) is -1.13. The van der Waals surface area contributed by atoms with Crippen molar-refractivity contribution in [2.75, 3.05) is 25.6 Å². The summed E-state index contributed by atoms with van der Waals surface area (Å²) < 4.78 is 22.4. The Morgan fingerprint density at radius 2 is 1.97 bits per heavy atom. The Kier molecular flexibility index (Phi) is 8.61. The second-order valence-corrected chi connectivity index (χ2v) is 8.66. The number of esters is 1. The SMILES string of the molecule is CCOC(=O)C1=C(C)OC(N)=C(C#N)C1c1cc(Br)c(OCC(=O)Nc2ccccc2C)c(OC)c1. The molecule has 0 saturated heterocycles. The summed E-state index contributed by atoms with van der Waals surface area (Å²) >= 11 is 3.46. The van der Waals surface area contributed by atoms with Gasteiger partial charge in [-0.3, -0.25) is 4.79 Å². The molecule has 1 aliphatic heterocycles. The number of nitrogens with zero attached hydrogens (tertiary/aromatic N) is 1. The van der Waals surface area contributed by atoms with Crippen molar-refractivity contribution < 1.29 is 28.5 Å². The third kappa shape index (κ3) is 5.63. The molecule has 0 aromatic heterocycles. The predicted molar refractivity (Wildman–Crippen MR) is 136 cm³/mol. The van der Waals surface area contributed by atoms with E-state index < -0.39 is 11.9 Å². The molecule has 1 aliphatic rings. The largest absolute Gasteiger partial charge is 0.493 e. The number of carbonyl (C=O) groups excluding carboxylic acids is 2. The second kappa shape index (κ2) is 11.6. The second-order valence-electron chi connectivity index (χ2n) is 7.80. The van der Waals surface area contributed by atoms with Crippen molar-refractivity contribution in [2.24, 2.45) is 5.73 Å². The van der Waals surface area contributed by atoms with Crippen LogP contribution in [-0.2, 0) is 19.1 Å². The minimum atomic E-state index is -0.855. The number of nitrogens with one attached hydrogen (secondary N) is 1. The standard InChI is InChI=1S/C26H26BrN3O6/c1-5-34-26(32)22-15(3)36-25(29)17(12-28)23(22)16-10-18(27)24(20(11-16)33-4)35-13-21(31)30-19-9-7-6-8-14(19)2/h6-11,23H,5,13,29H2,1-4H3,(H,30,31). The van der Waals surface area contributed by atoms with Gasteiger partial charge in [-0.05, 0) is 66.0 Å². The van der Waals surface area contributed by atoms with Crippen LogP contribution in [0.3, 0.4) is 0 Å². The molecule has 2 aromatic rings. The lowest BCUT2D eigenvalue weighted by atomic mass is 9.83. The Balaban J connectivity index is 1.94. The zero-order valence-corrected chi connectivity index (χ0v) is 21.9. The molecule has 2 aromatic carbocycles. The molecule has 188 valence electrons. The quantitative estimate of drug-likeness (QED) is 0.457. The third-order valence-electron chi connectivity index (χ3n) is 5.45. The maximum atomic E-state index is 12.8. The summed E-state index contributed by atoms with van der Waals surface area (Å²) in [6.45, 7) is 5.03. The molecule has 36 heavy (non-hydrogen) atoms. The highest BCUT2D eigenvalue weighted by Gasteiger charge is 2.37. The van der Waals surface area contributed by atoms with E-state index in [0.717, 1.165) is 5.56 Å². The number of anilines is 1. The van der Waals surface area contributed by atoms with E-state index in [9.17, 15) is 14.9 Å². The van der Waals surface area contributed by atoms with Gasteiger partial charge in [-0.1, -0.05) is 18.2 Å². The van der Waals surface area contributed by atoms with Crippen LogP contribution in [0.5, 0.6) is 11.5 Å². The third-order valence-corrected chi connectivity index (χ3v) is 6.04. The maximum Gasteiger partial charge on any atom is 0.338 e. The fourth-order valence-electron chi connectivity index (χ4n) is 3.77. The highest BCUT2D eigenvalue weighted by atomic mass is 79.9. The number of nitriles is 1. The van der Waals surface area contributed by atoms with Crippen molar-refractivity contribution in [1.82, 2.24) is 0 Å². The van der Waals surface area contributed by atoms with Gasteiger partial charge in [0.2, 0.25) is 5.88 Å². The maximum absolute atomic E-state index is 12.8. The van der Waals surface area contributed by atoms with Gasteiger partial charge in [0.05, 0.1) is 29.7 Å². The Morgan fingerprint density at radius 3 is 2.61 bits per heavy atom. The molecule has 0 fully saturated rings. The van der Waals surface area contributed by atoms with Crippen LogP contribution >= 0.6 is 15.9 Å². The lowest BCUT2D eigenvalue weighted by molar-refractivity contribution is -0.139. The first-order valence-electron chi connectivity index (χ1n) is 11.0. The van der Waals surface area contributed by atoms with Gasteiger partial charge in [-0.25, -0.2) is 4.79 Å². The van der Waals surface area contributed by atoms with Gasteiger partial charge in [0, 0.05) is 5.69 Å². The van der Waals surface area contributed by atoms with Crippen molar-refractivity contribution in [3.8, 4) is 17.6 Å². The van der Waals surface area contributed by atoms with Crippen LogP contribution in [0, 0.1) is 18.3 Å². The number of ether oxygens (including phenoxy) is 4. The van der Waals surface area contributed by atoms with Crippen LogP contribution in [0.15, 0.2) is 63.7 Å². The molecule has 0 radical (unpaired) electrons. The minimum Gasteiger partial charge on any atom is -0.493 e. The van der Waals surface area contributed by atoms with Crippen LogP contribution in [-0.4, -0.2) is 32.2 Å². The topological polar surface area (TPSA) is 133 Å². The number of para-hydroxylation sites is 1. The molecular formula is C26H26BrN3O6. The molecule has 0 spiro atoms.